The van der Waals surface area contributed by atoms with Crippen molar-refractivity contribution >= 4 is 18.3 Å². The number of nitrogens with one attached hydrogen (secondary N) is 1. The van der Waals surface area contributed by atoms with Crippen LogP contribution < -0.4 is 5.32 Å². The molecule has 0 unspecified atom stereocenters. The van der Waals surface area contributed by atoms with Crippen LogP contribution in [0, 0.1) is 0 Å². The number of carbonyl (C=O) groups excluding carboxylic acids is 1. The van der Waals surface area contributed by atoms with Crippen molar-refractivity contribution in [2.45, 2.75) is 38.6 Å². The third-order valence-electron chi connectivity index (χ3n) is 3.94. The van der Waals surface area contributed by atoms with Crippen LogP contribution in [-0.4, -0.2) is 61.0 Å². The van der Waals surface area contributed by atoms with Crippen LogP contribution in [0.1, 0.15) is 32.6 Å². The Balaban J connectivity index is 0.00000162. The molecule has 0 bridgehead atoms. The Bertz CT molecular complexity index is 255. The monoisotopic (exact) mass is 275 g/mol. The average Bonchev–Trinajstić information content (AvgIpc) is 2.61. The number of likely N-dealkylation sites (tertiary alicyclic amines) is 1. The zero-order chi connectivity index (χ0) is 12.1. The van der Waals surface area contributed by atoms with Crippen molar-refractivity contribution in [3.05, 3.63) is 0 Å². The molecular formula is C13H26ClN3O. The van der Waals surface area contributed by atoms with Gasteiger partial charge in [0.1, 0.15) is 0 Å². The Morgan fingerprint density at radius 3 is 2.44 bits per heavy atom. The summed E-state index contributed by atoms with van der Waals surface area (Å²) in [6.45, 7) is 7.77. The van der Waals surface area contributed by atoms with Crippen LogP contribution in [-0.2, 0) is 4.79 Å². The normalized spacial score (nSPS) is 26.3. The largest absolute Gasteiger partial charge is 0.342 e. The van der Waals surface area contributed by atoms with Crippen LogP contribution in [0.2, 0.25) is 0 Å². The molecular weight excluding hydrogens is 250 g/mol. The summed E-state index contributed by atoms with van der Waals surface area (Å²) in [5, 5.41) is 3.36. The number of nitrogens with zero attached hydrogens (tertiary/aromatic N) is 2. The zero-order valence-corrected chi connectivity index (χ0v) is 12.2. The third-order valence-corrected chi connectivity index (χ3v) is 3.94. The van der Waals surface area contributed by atoms with Gasteiger partial charge in [0.05, 0.1) is 6.54 Å². The van der Waals surface area contributed by atoms with Gasteiger partial charge in [0.2, 0.25) is 5.91 Å². The molecule has 2 aliphatic rings. The molecule has 0 saturated carbocycles. The summed E-state index contributed by atoms with van der Waals surface area (Å²) in [7, 11) is 0. The lowest BCUT2D eigenvalue weighted by Crippen LogP contribution is -2.53. The molecule has 1 atom stereocenters. The van der Waals surface area contributed by atoms with E-state index < -0.39 is 0 Å². The first kappa shape index (κ1) is 15.7. The molecule has 18 heavy (non-hydrogen) atoms. The predicted molar refractivity (Wildman–Crippen MR) is 76.2 cm³/mol. The minimum atomic E-state index is 0. The van der Waals surface area contributed by atoms with Crippen molar-refractivity contribution in [2.75, 3.05) is 39.3 Å². The van der Waals surface area contributed by atoms with E-state index in [0.717, 1.165) is 32.7 Å². The number of halogens is 1. The van der Waals surface area contributed by atoms with Gasteiger partial charge in [0, 0.05) is 38.8 Å². The summed E-state index contributed by atoms with van der Waals surface area (Å²) >= 11 is 0. The quantitative estimate of drug-likeness (QED) is 0.820. The Morgan fingerprint density at radius 1 is 1.17 bits per heavy atom. The van der Waals surface area contributed by atoms with Crippen molar-refractivity contribution in [3.63, 3.8) is 0 Å². The van der Waals surface area contributed by atoms with Crippen LogP contribution in [0.4, 0.5) is 0 Å². The molecule has 0 aromatic carbocycles. The Kier molecular flexibility index (Phi) is 6.97. The van der Waals surface area contributed by atoms with Crippen molar-refractivity contribution in [3.8, 4) is 0 Å². The molecule has 4 nitrogen and oxygen atoms in total. The zero-order valence-electron chi connectivity index (χ0n) is 11.4. The van der Waals surface area contributed by atoms with Gasteiger partial charge >= 0.3 is 0 Å². The first-order valence-corrected chi connectivity index (χ1v) is 7.00. The number of rotatable bonds is 2. The smallest absolute Gasteiger partial charge is 0.236 e. The van der Waals surface area contributed by atoms with E-state index in [-0.39, 0.29) is 12.4 Å². The number of carbonyl (C=O) groups is 1. The van der Waals surface area contributed by atoms with Crippen molar-refractivity contribution in [2.24, 2.45) is 0 Å². The lowest BCUT2D eigenvalue weighted by molar-refractivity contribution is -0.133. The molecule has 0 aliphatic carbocycles. The number of amides is 1. The van der Waals surface area contributed by atoms with Crippen LogP contribution in [0.25, 0.3) is 0 Å². The summed E-state index contributed by atoms with van der Waals surface area (Å²) in [6, 6.07) is 0.486. The van der Waals surface area contributed by atoms with Gasteiger partial charge in [-0.2, -0.15) is 0 Å². The highest BCUT2D eigenvalue weighted by atomic mass is 35.5. The maximum atomic E-state index is 12.2. The third kappa shape index (κ3) is 4.41. The van der Waals surface area contributed by atoms with Gasteiger partial charge in [-0.3, -0.25) is 9.69 Å². The molecule has 5 heteroatoms. The average molecular weight is 276 g/mol. The molecule has 1 N–H and O–H groups in total. The van der Waals surface area contributed by atoms with E-state index in [9.17, 15) is 4.79 Å². The fraction of sp³-hybridized carbons (Fsp3) is 0.923. The van der Waals surface area contributed by atoms with Crippen LogP contribution in [0.15, 0.2) is 0 Å². The van der Waals surface area contributed by atoms with Crippen molar-refractivity contribution in [1.82, 2.24) is 15.1 Å². The Morgan fingerprint density at radius 2 is 1.83 bits per heavy atom. The fourth-order valence-electron chi connectivity index (χ4n) is 2.71. The van der Waals surface area contributed by atoms with Gasteiger partial charge in [-0.1, -0.05) is 12.8 Å². The molecule has 106 valence electrons. The fourth-order valence-corrected chi connectivity index (χ4v) is 2.71. The predicted octanol–water partition coefficient (Wildman–Crippen LogP) is 1.10. The van der Waals surface area contributed by atoms with Gasteiger partial charge in [0.15, 0.2) is 0 Å². The molecule has 0 aromatic heterocycles. The SMILES string of the molecule is C[C@@H]1CNCCN1CC(=O)N1CCCCCC1.Cl. The van der Waals surface area contributed by atoms with E-state index >= 15 is 0 Å². The van der Waals surface area contributed by atoms with Gasteiger partial charge < -0.3 is 10.2 Å². The number of piperazine rings is 1. The van der Waals surface area contributed by atoms with E-state index in [2.05, 4.69) is 22.0 Å². The number of hydrogen-bond donors (Lipinski definition) is 1. The molecule has 0 aromatic rings. The summed E-state index contributed by atoms with van der Waals surface area (Å²) in [5.41, 5.74) is 0. The highest BCUT2D eigenvalue weighted by Crippen LogP contribution is 2.11. The second kappa shape index (κ2) is 7.97. The Labute approximate surface area is 116 Å². The summed E-state index contributed by atoms with van der Waals surface area (Å²) in [4.78, 5) is 16.6. The van der Waals surface area contributed by atoms with E-state index in [1.54, 1.807) is 0 Å². The molecule has 2 saturated heterocycles. The molecule has 2 fully saturated rings. The van der Waals surface area contributed by atoms with Crippen molar-refractivity contribution in [1.29, 1.82) is 0 Å². The Hall–Kier alpha value is -0.320. The summed E-state index contributed by atoms with van der Waals surface area (Å²) < 4.78 is 0. The minimum absolute atomic E-state index is 0. The summed E-state index contributed by atoms with van der Waals surface area (Å²) in [5.74, 6) is 0.334. The molecule has 0 spiro atoms. The highest BCUT2D eigenvalue weighted by Gasteiger charge is 2.23. The minimum Gasteiger partial charge on any atom is -0.342 e. The lowest BCUT2D eigenvalue weighted by Gasteiger charge is -2.34. The lowest BCUT2D eigenvalue weighted by atomic mass is 10.2. The maximum Gasteiger partial charge on any atom is 0.236 e. The first-order chi connectivity index (χ1) is 8.27. The highest BCUT2D eigenvalue weighted by molar-refractivity contribution is 5.85. The topological polar surface area (TPSA) is 35.6 Å². The van der Waals surface area contributed by atoms with Crippen LogP contribution in [0.3, 0.4) is 0 Å². The molecule has 2 aliphatic heterocycles. The maximum absolute atomic E-state index is 12.2. The second-order valence-electron chi connectivity index (χ2n) is 5.32. The van der Waals surface area contributed by atoms with Crippen LogP contribution in [0.5, 0.6) is 0 Å². The molecule has 2 rings (SSSR count). The van der Waals surface area contributed by atoms with E-state index in [1.807, 2.05) is 0 Å². The van der Waals surface area contributed by atoms with E-state index in [1.165, 1.54) is 25.7 Å². The first-order valence-electron chi connectivity index (χ1n) is 7.00. The van der Waals surface area contributed by atoms with Gasteiger partial charge in [-0.25, -0.2) is 0 Å². The molecule has 1 amide bonds. The van der Waals surface area contributed by atoms with E-state index in [4.69, 9.17) is 0 Å². The molecule has 0 radical (unpaired) electrons. The molecule has 2 heterocycles. The van der Waals surface area contributed by atoms with E-state index in [0.29, 0.717) is 18.5 Å². The number of hydrogen-bond acceptors (Lipinski definition) is 3. The summed E-state index contributed by atoms with van der Waals surface area (Å²) in [6.07, 6.45) is 4.94. The van der Waals surface area contributed by atoms with Crippen molar-refractivity contribution < 1.29 is 4.79 Å². The standard InChI is InChI=1S/C13H25N3O.ClH/c1-12-10-14-6-9-16(12)11-13(17)15-7-4-2-3-5-8-15;/h12,14H,2-11H2,1H3;1H/t12-;/m1./s1. The van der Waals surface area contributed by atoms with Gasteiger partial charge in [-0.15, -0.1) is 12.4 Å². The van der Waals surface area contributed by atoms with Gasteiger partial charge in [-0.05, 0) is 19.8 Å². The van der Waals surface area contributed by atoms with Crippen LogP contribution >= 0.6 is 12.4 Å². The van der Waals surface area contributed by atoms with Gasteiger partial charge in [0.25, 0.3) is 0 Å². The second-order valence-corrected chi connectivity index (χ2v) is 5.32.